The van der Waals surface area contributed by atoms with Crippen molar-refractivity contribution in [2.24, 2.45) is 0 Å². The Bertz CT molecular complexity index is 1480. The predicted molar refractivity (Wildman–Crippen MR) is 192 cm³/mol. The highest BCUT2D eigenvalue weighted by Crippen LogP contribution is 2.56. The highest BCUT2D eigenvalue weighted by molar-refractivity contribution is 14.1. The largest absolute Gasteiger partial charge is 0.445 e. The molecule has 258 valence electrons. The van der Waals surface area contributed by atoms with Crippen LogP contribution in [0.1, 0.15) is 61.6 Å². The zero-order valence-electron chi connectivity index (χ0n) is 27.0. The van der Waals surface area contributed by atoms with E-state index in [0.717, 1.165) is 30.4 Å². The van der Waals surface area contributed by atoms with E-state index >= 15 is 0 Å². The summed E-state index contributed by atoms with van der Waals surface area (Å²) in [6.07, 6.45) is 3.87. The van der Waals surface area contributed by atoms with Crippen molar-refractivity contribution in [3.8, 4) is 0 Å². The van der Waals surface area contributed by atoms with Gasteiger partial charge >= 0.3 is 25.6 Å². The van der Waals surface area contributed by atoms with Crippen LogP contribution in [0.2, 0.25) is 0 Å². The molecule has 10 nitrogen and oxygen atoms in total. The lowest BCUT2D eigenvalue weighted by Crippen LogP contribution is -2.42. The van der Waals surface area contributed by atoms with Crippen molar-refractivity contribution in [2.75, 3.05) is 19.3 Å². The third-order valence-electron chi connectivity index (χ3n) is 7.79. The fourth-order valence-electron chi connectivity index (χ4n) is 5.13. The maximum absolute atomic E-state index is 14.4. The molecule has 12 heteroatoms. The van der Waals surface area contributed by atoms with Crippen LogP contribution in [0.4, 0.5) is 4.79 Å². The Morgan fingerprint density at radius 3 is 2.08 bits per heavy atom. The first kappa shape index (κ1) is 37.7. The predicted octanol–water partition coefficient (Wildman–Crippen LogP) is 7.49. The summed E-state index contributed by atoms with van der Waals surface area (Å²) in [4.78, 5) is 38.6. The first-order valence-corrected chi connectivity index (χ1v) is 19.2. The van der Waals surface area contributed by atoms with Crippen molar-refractivity contribution in [3.63, 3.8) is 0 Å². The van der Waals surface area contributed by atoms with Crippen LogP contribution in [0.15, 0.2) is 91.0 Å². The number of amides is 1. The quantitative estimate of drug-likeness (QED) is 0.0317. The number of aryl methyl sites for hydroxylation is 1. The minimum Gasteiger partial charge on any atom is -0.445 e. The average Bonchev–Trinajstić information content (AvgIpc) is 3.65. The molecule has 1 amide bonds. The highest BCUT2D eigenvalue weighted by atomic mass is 127. The summed E-state index contributed by atoms with van der Waals surface area (Å²) in [5, 5.41) is 5.75. The van der Waals surface area contributed by atoms with E-state index in [1.54, 1.807) is 22.6 Å². The summed E-state index contributed by atoms with van der Waals surface area (Å²) in [6.45, 7) is 1.11. The first-order chi connectivity index (χ1) is 23.2. The lowest BCUT2D eigenvalue weighted by molar-refractivity contribution is -0.167. The number of alkyl carbamates (subject to hydrolysis) is 1. The molecule has 3 atom stereocenters. The van der Waals surface area contributed by atoms with Crippen LogP contribution in [-0.2, 0) is 52.3 Å². The molecule has 0 aliphatic carbocycles. The van der Waals surface area contributed by atoms with Crippen LogP contribution in [0.25, 0.3) is 0 Å². The van der Waals surface area contributed by atoms with E-state index in [0.29, 0.717) is 32.2 Å². The Kier molecular flexibility index (Phi) is 15.6. The number of carbonyl (C=O) groups excluding carboxylic acids is 3. The van der Waals surface area contributed by atoms with Gasteiger partial charge in [-0.2, -0.15) is 0 Å². The standard InChI is InChI=1S/C36H44IN2O8P/c37-36(34(41)46-33(40)32-22-14-25-38-32,23-11-12-24-39-35(42)44-27-30-18-6-2-7-19-30)47-48(43,45-28-31-20-8-3-9-21-31)26-13-10-17-29-15-4-1-5-16-29/h1-9,15-16,18-21,32,38H,10-14,17,22-28H2,(H,39,42)/t32-,36?,48?/m0/s1. The molecule has 0 aromatic heterocycles. The van der Waals surface area contributed by atoms with E-state index in [1.807, 2.05) is 91.0 Å². The number of rotatable bonds is 19. The Morgan fingerprint density at radius 2 is 1.46 bits per heavy atom. The van der Waals surface area contributed by atoms with Crippen LogP contribution < -0.4 is 10.6 Å². The van der Waals surface area contributed by atoms with Crippen molar-refractivity contribution in [2.45, 2.75) is 74.2 Å². The number of hydrogen-bond donors (Lipinski definition) is 2. The van der Waals surface area contributed by atoms with E-state index in [2.05, 4.69) is 10.6 Å². The monoisotopic (exact) mass is 790 g/mol. The average molecular weight is 791 g/mol. The molecule has 2 unspecified atom stereocenters. The van der Waals surface area contributed by atoms with Gasteiger partial charge in [0.25, 0.3) is 0 Å². The molecular formula is C36H44IN2O8P. The number of carbonyl (C=O) groups is 3. The number of alkyl halides is 1. The Balaban J connectivity index is 1.39. The van der Waals surface area contributed by atoms with Crippen molar-refractivity contribution in [3.05, 3.63) is 108 Å². The van der Waals surface area contributed by atoms with E-state index in [9.17, 15) is 18.9 Å². The fraction of sp³-hybridized carbons (Fsp3) is 0.417. The van der Waals surface area contributed by atoms with Crippen molar-refractivity contribution in [1.82, 2.24) is 10.6 Å². The van der Waals surface area contributed by atoms with E-state index in [1.165, 1.54) is 5.56 Å². The van der Waals surface area contributed by atoms with Crippen molar-refractivity contribution < 1.29 is 37.5 Å². The summed E-state index contributed by atoms with van der Waals surface area (Å²) >= 11 is 1.80. The van der Waals surface area contributed by atoms with Gasteiger partial charge in [-0.25, -0.2) is 14.4 Å². The zero-order chi connectivity index (χ0) is 34.1. The van der Waals surface area contributed by atoms with Gasteiger partial charge < -0.3 is 24.6 Å². The van der Waals surface area contributed by atoms with Crippen LogP contribution in [0, 0.1) is 0 Å². The van der Waals surface area contributed by atoms with E-state index in [4.69, 9.17) is 18.5 Å². The molecule has 3 aromatic rings. The molecule has 1 aliphatic rings. The molecule has 4 rings (SSSR count). The van der Waals surface area contributed by atoms with Gasteiger partial charge in [-0.1, -0.05) is 91.0 Å². The summed E-state index contributed by atoms with van der Waals surface area (Å²) in [5.74, 6) is -1.61. The first-order valence-electron chi connectivity index (χ1n) is 16.4. The molecule has 1 saturated heterocycles. The number of hydrogen-bond acceptors (Lipinski definition) is 9. The second kappa shape index (κ2) is 19.8. The molecule has 3 aromatic carbocycles. The minimum atomic E-state index is -3.88. The van der Waals surface area contributed by atoms with Gasteiger partial charge in [-0.05, 0) is 97.2 Å². The molecule has 2 N–H and O–H groups in total. The third kappa shape index (κ3) is 13.1. The van der Waals surface area contributed by atoms with Gasteiger partial charge in [0, 0.05) is 6.54 Å². The molecule has 48 heavy (non-hydrogen) atoms. The van der Waals surface area contributed by atoms with Crippen LogP contribution in [0.5, 0.6) is 0 Å². The van der Waals surface area contributed by atoms with Gasteiger partial charge in [-0.15, -0.1) is 0 Å². The molecular weight excluding hydrogens is 746 g/mol. The van der Waals surface area contributed by atoms with Crippen molar-refractivity contribution in [1.29, 1.82) is 0 Å². The Labute approximate surface area is 296 Å². The van der Waals surface area contributed by atoms with Crippen LogP contribution >= 0.6 is 30.2 Å². The van der Waals surface area contributed by atoms with Crippen molar-refractivity contribution >= 4 is 48.2 Å². The van der Waals surface area contributed by atoms with E-state index < -0.39 is 35.3 Å². The number of ether oxygens (including phenoxy) is 2. The minimum absolute atomic E-state index is 0.0263. The zero-order valence-corrected chi connectivity index (χ0v) is 30.1. The molecule has 0 bridgehead atoms. The number of nitrogens with one attached hydrogen (secondary N) is 2. The third-order valence-corrected chi connectivity index (χ3v) is 11.3. The molecule has 1 aliphatic heterocycles. The van der Waals surface area contributed by atoms with Gasteiger partial charge in [0.2, 0.25) is 3.61 Å². The maximum Gasteiger partial charge on any atom is 0.407 e. The van der Waals surface area contributed by atoms with E-state index in [-0.39, 0.29) is 32.3 Å². The molecule has 0 radical (unpaired) electrons. The highest BCUT2D eigenvalue weighted by Gasteiger charge is 2.46. The lowest BCUT2D eigenvalue weighted by Gasteiger charge is -2.30. The SMILES string of the molecule is O=C(NCCCCC(I)(OP(=O)(CCCCc1ccccc1)OCc1ccccc1)C(=O)OC(=O)[C@@H]1CCCN1)OCc1ccccc1. The van der Waals surface area contributed by atoms with Crippen LogP contribution in [-0.4, -0.2) is 46.9 Å². The number of benzene rings is 3. The van der Waals surface area contributed by atoms with Gasteiger partial charge in [0.05, 0.1) is 12.8 Å². The second-order valence-corrected chi connectivity index (χ2v) is 15.5. The van der Waals surface area contributed by atoms with Gasteiger partial charge in [0.15, 0.2) is 0 Å². The second-order valence-electron chi connectivity index (χ2n) is 11.7. The van der Waals surface area contributed by atoms with Crippen LogP contribution in [0.3, 0.4) is 0 Å². The normalized spacial score (nSPS) is 16.7. The Morgan fingerprint density at radius 1 is 0.833 bits per heavy atom. The number of esters is 2. The molecule has 1 heterocycles. The van der Waals surface area contributed by atoms with Gasteiger partial charge in [-0.3, -0.25) is 9.09 Å². The summed E-state index contributed by atoms with van der Waals surface area (Å²) in [6, 6.07) is 28.1. The molecule has 0 saturated carbocycles. The summed E-state index contributed by atoms with van der Waals surface area (Å²) in [5.41, 5.74) is 2.85. The smallest absolute Gasteiger partial charge is 0.407 e. The number of unbranched alkanes of at least 4 members (excludes halogenated alkanes) is 2. The maximum atomic E-state index is 14.4. The summed E-state index contributed by atoms with van der Waals surface area (Å²) < 4.78 is 35.4. The Hall–Kier alpha value is -3.09. The lowest BCUT2D eigenvalue weighted by atomic mass is 10.1. The molecule has 1 fully saturated rings. The summed E-state index contributed by atoms with van der Waals surface area (Å²) in [7, 11) is -3.88. The molecule has 0 spiro atoms. The fourth-order valence-corrected chi connectivity index (χ4v) is 8.36. The van der Waals surface area contributed by atoms with Gasteiger partial charge in [0.1, 0.15) is 12.6 Å². The number of halogens is 1. The topological polar surface area (TPSA) is 129 Å².